The summed E-state index contributed by atoms with van der Waals surface area (Å²) < 4.78 is 14.9. The molecule has 0 aliphatic rings. The Kier molecular flexibility index (Phi) is 19.1. The van der Waals surface area contributed by atoms with Gasteiger partial charge in [0, 0.05) is 0 Å². The molecule has 4 heteroatoms. The number of hydrogen-bond acceptors (Lipinski definition) is 2. The van der Waals surface area contributed by atoms with Gasteiger partial charge in [-0.2, -0.15) is 0 Å². The third kappa shape index (κ3) is 20.0. The van der Waals surface area contributed by atoms with Gasteiger partial charge in [-0.25, -0.2) is 4.57 Å². The minimum atomic E-state index is -2.39. The predicted molar refractivity (Wildman–Crippen MR) is 95.3 cm³/mol. The van der Waals surface area contributed by atoms with Gasteiger partial charge in [0.1, 0.15) is 0 Å². The van der Waals surface area contributed by atoms with E-state index >= 15 is 0 Å². The smallest absolute Gasteiger partial charge is 0.298 e. The van der Waals surface area contributed by atoms with Crippen LogP contribution in [0.25, 0.3) is 0 Å². The van der Waals surface area contributed by atoms with Crippen molar-refractivity contribution in [2.24, 2.45) is 0 Å². The van der Waals surface area contributed by atoms with Crippen LogP contribution in [0.1, 0.15) is 110 Å². The Bertz CT molecular complexity index is 234. The molecule has 0 spiro atoms. The van der Waals surface area contributed by atoms with E-state index in [2.05, 4.69) is 11.4 Å². The Morgan fingerprint density at radius 3 is 1.27 bits per heavy atom. The van der Waals surface area contributed by atoms with Gasteiger partial charge >= 0.3 is 8.25 Å². The van der Waals surface area contributed by atoms with Crippen molar-refractivity contribution in [3.8, 4) is 0 Å². The third-order valence-corrected chi connectivity index (χ3v) is 4.60. The molecule has 0 aromatic carbocycles. The summed E-state index contributed by atoms with van der Waals surface area (Å²) in [5.41, 5.74) is 0. The van der Waals surface area contributed by atoms with E-state index in [0.29, 0.717) is 6.61 Å². The summed E-state index contributed by atoms with van der Waals surface area (Å²) >= 11 is 0. The monoisotopic (exact) mass is 333 g/mol. The Hall–Kier alpha value is 0.0200. The molecule has 133 valence electrons. The van der Waals surface area contributed by atoms with E-state index in [9.17, 15) is 4.57 Å². The molecule has 0 heterocycles. The molecular formula is C18H38O3P. The van der Waals surface area contributed by atoms with Crippen LogP contribution in [0.2, 0.25) is 0 Å². The molecule has 0 bridgehead atoms. The zero-order chi connectivity index (χ0) is 16.3. The average molecular weight is 333 g/mol. The topological polar surface area (TPSA) is 46.5 Å². The summed E-state index contributed by atoms with van der Waals surface area (Å²) in [6, 6.07) is 0. The first-order valence-corrected chi connectivity index (χ1v) is 10.7. The molecule has 3 nitrogen and oxygen atoms in total. The van der Waals surface area contributed by atoms with E-state index < -0.39 is 8.25 Å². The highest BCUT2D eigenvalue weighted by Crippen LogP contribution is 2.16. The lowest BCUT2D eigenvalue weighted by Gasteiger charge is -2.03. The Morgan fingerprint density at radius 2 is 0.955 bits per heavy atom. The molecule has 1 atom stereocenters. The van der Waals surface area contributed by atoms with Gasteiger partial charge in [-0.05, 0) is 6.42 Å². The summed E-state index contributed by atoms with van der Waals surface area (Å²) in [6.07, 6.45) is 21.4. The van der Waals surface area contributed by atoms with E-state index in [1.807, 2.05) is 0 Å². The van der Waals surface area contributed by atoms with Crippen molar-refractivity contribution < 1.29 is 14.0 Å². The van der Waals surface area contributed by atoms with Crippen LogP contribution in [-0.2, 0) is 9.09 Å². The minimum absolute atomic E-state index is 0.421. The van der Waals surface area contributed by atoms with E-state index in [1.165, 1.54) is 89.9 Å². The lowest BCUT2D eigenvalue weighted by molar-refractivity contribution is 0.273. The van der Waals surface area contributed by atoms with Crippen molar-refractivity contribution in [2.75, 3.05) is 6.61 Å². The molecule has 0 rings (SSSR count). The van der Waals surface area contributed by atoms with Crippen LogP contribution in [-0.4, -0.2) is 11.5 Å². The summed E-state index contributed by atoms with van der Waals surface area (Å²) in [5.74, 6) is 0. The van der Waals surface area contributed by atoms with E-state index in [-0.39, 0.29) is 0 Å². The van der Waals surface area contributed by atoms with Gasteiger partial charge in [0.05, 0.1) is 6.61 Å². The quantitative estimate of drug-likeness (QED) is 0.219. The van der Waals surface area contributed by atoms with Gasteiger partial charge in [0.25, 0.3) is 0 Å². The Morgan fingerprint density at radius 1 is 0.636 bits per heavy atom. The van der Waals surface area contributed by atoms with Crippen LogP contribution in [0, 0.1) is 0 Å². The zero-order valence-corrected chi connectivity index (χ0v) is 15.6. The molecule has 1 unspecified atom stereocenters. The van der Waals surface area contributed by atoms with E-state index in [1.54, 1.807) is 0 Å². The lowest BCUT2D eigenvalue weighted by atomic mass is 10.0. The maximum absolute atomic E-state index is 10.3. The summed E-state index contributed by atoms with van der Waals surface area (Å²) in [4.78, 5) is 8.46. The summed E-state index contributed by atoms with van der Waals surface area (Å²) in [7, 11) is -2.39. The maximum atomic E-state index is 10.3. The van der Waals surface area contributed by atoms with E-state index in [4.69, 9.17) is 4.89 Å². The molecule has 0 saturated carbocycles. The van der Waals surface area contributed by atoms with Crippen LogP contribution in [0.4, 0.5) is 0 Å². The second-order valence-corrected chi connectivity index (χ2v) is 7.11. The molecule has 1 N–H and O–H groups in total. The van der Waals surface area contributed by atoms with Crippen LogP contribution < -0.4 is 0 Å². The summed E-state index contributed by atoms with van der Waals surface area (Å²) in [6.45, 7) is 2.69. The fourth-order valence-electron chi connectivity index (χ4n) is 2.79. The largest absolute Gasteiger partial charge is 0.366 e. The summed E-state index contributed by atoms with van der Waals surface area (Å²) in [5, 5.41) is 0. The van der Waals surface area contributed by atoms with Gasteiger partial charge in [-0.15, -0.1) is 0 Å². The molecule has 1 radical (unpaired) electrons. The van der Waals surface area contributed by atoms with Crippen LogP contribution in [0.15, 0.2) is 0 Å². The molecule has 0 aliphatic heterocycles. The number of hydrogen-bond donors (Lipinski definition) is 1. The van der Waals surface area contributed by atoms with Crippen molar-refractivity contribution in [1.82, 2.24) is 0 Å². The Labute approximate surface area is 139 Å². The highest BCUT2D eigenvalue weighted by atomic mass is 31.1. The molecule has 0 aromatic rings. The first-order chi connectivity index (χ1) is 10.8. The highest BCUT2D eigenvalue weighted by molar-refractivity contribution is 7.32. The van der Waals surface area contributed by atoms with Crippen molar-refractivity contribution in [2.45, 2.75) is 110 Å². The average Bonchev–Trinajstić information content (AvgIpc) is 2.50. The third-order valence-electron chi connectivity index (χ3n) is 4.20. The Balaban J connectivity index is 2.95. The van der Waals surface area contributed by atoms with Gasteiger partial charge in [0.2, 0.25) is 0 Å². The van der Waals surface area contributed by atoms with Gasteiger partial charge < -0.3 is 0 Å². The SMILES string of the molecule is CCCCCCCCCCCCCCCCCCO[P](=O)O. The number of unbranched alkanes of at least 4 members (excludes halogenated alkanes) is 15. The van der Waals surface area contributed by atoms with Gasteiger partial charge in [-0.3, -0.25) is 9.42 Å². The van der Waals surface area contributed by atoms with Crippen molar-refractivity contribution >= 4 is 8.25 Å². The first kappa shape index (κ1) is 22.0. The second-order valence-electron chi connectivity index (χ2n) is 6.37. The van der Waals surface area contributed by atoms with Crippen molar-refractivity contribution in [3.63, 3.8) is 0 Å². The molecule has 0 fully saturated rings. The van der Waals surface area contributed by atoms with Crippen LogP contribution in [0.3, 0.4) is 0 Å². The van der Waals surface area contributed by atoms with Crippen LogP contribution >= 0.6 is 8.25 Å². The molecule has 0 amide bonds. The van der Waals surface area contributed by atoms with Crippen molar-refractivity contribution in [1.29, 1.82) is 0 Å². The zero-order valence-electron chi connectivity index (χ0n) is 14.7. The molecule has 0 aliphatic carbocycles. The minimum Gasteiger partial charge on any atom is -0.298 e. The highest BCUT2D eigenvalue weighted by Gasteiger charge is 1.96. The fraction of sp³-hybridized carbons (Fsp3) is 1.00. The lowest BCUT2D eigenvalue weighted by Crippen LogP contribution is -1.87. The van der Waals surface area contributed by atoms with Gasteiger partial charge in [-0.1, -0.05) is 103 Å². The second kappa shape index (κ2) is 19.1. The standard InChI is InChI=1S/C18H38O3P/c1-2-3-4-5-6-7-8-9-10-11-12-13-14-15-16-17-18-21-22(19)20/h2-18H2,1H3,(H,19,20). The molecular weight excluding hydrogens is 295 g/mol. The fourth-order valence-corrected chi connectivity index (χ4v) is 3.08. The molecule has 0 saturated heterocycles. The van der Waals surface area contributed by atoms with Crippen molar-refractivity contribution in [3.05, 3.63) is 0 Å². The maximum Gasteiger partial charge on any atom is 0.366 e. The first-order valence-electron chi connectivity index (χ1n) is 9.56. The van der Waals surface area contributed by atoms with Crippen LogP contribution in [0.5, 0.6) is 0 Å². The van der Waals surface area contributed by atoms with E-state index in [0.717, 1.165) is 12.8 Å². The number of rotatable bonds is 18. The predicted octanol–water partition coefficient (Wildman–Crippen LogP) is 6.91. The van der Waals surface area contributed by atoms with Gasteiger partial charge in [0.15, 0.2) is 0 Å². The molecule has 22 heavy (non-hydrogen) atoms. The molecule has 0 aromatic heterocycles. The normalized spacial score (nSPS) is 11.8.